The molecule has 0 spiro atoms. The van der Waals surface area contributed by atoms with Crippen LogP contribution in [0.1, 0.15) is 29.8 Å². The Hall–Kier alpha value is -1.91. The van der Waals surface area contributed by atoms with E-state index in [9.17, 15) is 0 Å². The van der Waals surface area contributed by atoms with E-state index in [4.69, 9.17) is 0 Å². The standard InChI is InChI=1S/C13H17N5/c1-18-10(6-7-17-18)8-14-13-11-4-2-3-5-12(11)15-9-16-13/h6-7,9H,2-5,8H2,1H3,(H,14,15,16). The van der Waals surface area contributed by atoms with Gasteiger partial charge in [-0.3, -0.25) is 4.68 Å². The van der Waals surface area contributed by atoms with Crippen LogP contribution in [0.5, 0.6) is 0 Å². The fourth-order valence-electron chi connectivity index (χ4n) is 2.42. The number of fused-ring (bicyclic) bond motifs is 1. The predicted molar refractivity (Wildman–Crippen MR) is 69.2 cm³/mol. The Morgan fingerprint density at radius 2 is 2.17 bits per heavy atom. The molecule has 0 aliphatic heterocycles. The Morgan fingerprint density at radius 3 is 3.00 bits per heavy atom. The van der Waals surface area contributed by atoms with Gasteiger partial charge in [0.15, 0.2) is 0 Å². The van der Waals surface area contributed by atoms with Gasteiger partial charge < -0.3 is 5.32 Å². The highest BCUT2D eigenvalue weighted by Gasteiger charge is 2.15. The van der Waals surface area contributed by atoms with E-state index in [1.165, 1.54) is 24.1 Å². The van der Waals surface area contributed by atoms with Gasteiger partial charge in [0.1, 0.15) is 12.1 Å². The molecule has 0 bridgehead atoms. The molecular weight excluding hydrogens is 226 g/mol. The molecule has 0 unspecified atom stereocenters. The number of aromatic nitrogens is 4. The molecule has 3 rings (SSSR count). The summed E-state index contributed by atoms with van der Waals surface area (Å²) in [6, 6.07) is 2.01. The lowest BCUT2D eigenvalue weighted by Gasteiger charge is -2.17. The smallest absolute Gasteiger partial charge is 0.133 e. The number of rotatable bonds is 3. The number of nitrogens with one attached hydrogen (secondary N) is 1. The van der Waals surface area contributed by atoms with E-state index >= 15 is 0 Å². The van der Waals surface area contributed by atoms with Gasteiger partial charge in [-0.25, -0.2) is 9.97 Å². The molecule has 0 atom stereocenters. The summed E-state index contributed by atoms with van der Waals surface area (Å²) in [5, 5.41) is 7.56. The van der Waals surface area contributed by atoms with Crippen LogP contribution < -0.4 is 5.32 Å². The second-order valence-electron chi connectivity index (χ2n) is 4.65. The van der Waals surface area contributed by atoms with Crippen LogP contribution in [0, 0.1) is 0 Å². The third-order valence-electron chi connectivity index (χ3n) is 3.48. The average Bonchev–Trinajstić information content (AvgIpc) is 2.82. The minimum atomic E-state index is 0.750. The van der Waals surface area contributed by atoms with Crippen LogP contribution in [-0.2, 0) is 26.4 Å². The third kappa shape index (κ3) is 2.08. The number of hydrogen-bond acceptors (Lipinski definition) is 4. The highest BCUT2D eigenvalue weighted by Crippen LogP contribution is 2.24. The number of anilines is 1. The van der Waals surface area contributed by atoms with E-state index in [0.717, 1.165) is 30.9 Å². The molecule has 0 fully saturated rings. The van der Waals surface area contributed by atoms with Crippen molar-refractivity contribution >= 4 is 5.82 Å². The summed E-state index contributed by atoms with van der Waals surface area (Å²) in [5.41, 5.74) is 3.66. The second kappa shape index (κ2) is 4.76. The fraction of sp³-hybridized carbons (Fsp3) is 0.462. The third-order valence-corrected chi connectivity index (χ3v) is 3.48. The van der Waals surface area contributed by atoms with Crippen molar-refractivity contribution in [2.45, 2.75) is 32.2 Å². The lowest BCUT2D eigenvalue weighted by molar-refractivity contribution is 0.662. The first kappa shape index (κ1) is 11.2. The number of hydrogen-bond donors (Lipinski definition) is 1. The molecule has 0 amide bonds. The molecule has 18 heavy (non-hydrogen) atoms. The minimum Gasteiger partial charge on any atom is -0.364 e. The lowest BCUT2D eigenvalue weighted by Crippen LogP contribution is -2.13. The van der Waals surface area contributed by atoms with Gasteiger partial charge in [0.05, 0.1) is 12.2 Å². The monoisotopic (exact) mass is 243 g/mol. The Morgan fingerprint density at radius 1 is 1.28 bits per heavy atom. The van der Waals surface area contributed by atoms with Crippen molar-refractivity contribution in [3.63, 3.8) is 0 Å². The van der Waals surface area contributed by atoms with Crippen LogP contribution in [0.4, 0.5) is 5.82 Å². The van der Waals surface area contributed by atoms with E-state index in [1.807, 2.05) is 24.0 Å². The number of nitrogens with zero attached hydrogens (tertiary/aromatic N) is 4. The van der Waals surface area contributed by atoms with Gasteiger partial charge in [0.2, 0.25) is 0 Å². The summed E-state index contributed by atoms with van der Waals surface area (Å²) >= 11 is 0. The maximum absolute atomic E-state index is 4.37. The summed E-state index contributed by atoms with van der Waals surface area (Å²) in [5.74, 6) is 0.987. The lowest BCUT2D eigenvalue weighted by atomic mass is 9.96. The van der Waals surface area contributed by atoms with Crippen molar-refractivity contribution in [2.75, 3.05) is 5.32 Å². The molecule has 5 nitrogen and oxygen atoms in total. The van der Waals surface area contributed by atoms with Crippen LogP contribution in [0.2, 0.25) is 0 Å². The van der Waals surface area contributed by atoms with Gasteiger partial charge in [0, 0.05) is 24.5 Å². The van der Waals surface area contributed by atoms with E-state index in [0.29, 0.717) is 0 Å². The molecule has 94 valence electrons. The summed E-state index contributed by atoms with van der Waals surface area (Å²) in [6.45, 7) is 0.750. The molecule has 0 saturated carbocycles. The molecule has 1 aliphatic rings. The second-order valence-corrected chi connectivity index (χ2v) is 4.65. The Kier molecular flexibility index (Phi) is 2.96. The molecule has 0 saturated heterocycles. The van der Waals surface area contributed by atoms with Crippen molar-refractivity contribution in [3.05, 3.63) is 35.5 Å². The Balaban J connectivity index is 1.79. The van der Waals surface area contributed by atoms with Crippen molar-refractivity contribution in [1.82, 2.24) is 19.7 Å². The minimum absolute atomic E-state index is 0.750. The highest BCUT2D eigenvalue weighted by molar-refractivity contribution is 5.47. The first-order chi connectivity index (χ1) is 8.84. The first-order valence-electron chi connectivity index (χ1n) is 6.38. The Labute approximate surface area is 106 Å². The van der Waals surface area contributed by atoms with Crippen molar-refractivity contribution in [2.24, 2.45) is 7.05 Å². The fourth-order valence-corrected chi connectivity index (χ4v) is 2.42. The molecular formula is C13H17N5. The molecule has 2 aromatic heterocycles. The summed E-state index contributed by atoms with van der Waals surface area (Å²) in [4.78, 5) is 8.74. The van der Waals surface area contributed by atoms with Crippen LogP contribution in [0.25, 0.3) is 0 Å². The average molecular weight is 243 g/mol. The van der Waals surface area contributed by atoms with Gasteiger partial charge in [0.25, 0.3) is 0 Å². The predicted octanol–water partition coefficient (Wildman–Crippen LogP) is 1.70. The van der Waals surface area contributed by atoms with E-state index in [2.05, 4.69) is 20.4 Å². The quantitative estimate of drug-likeness (QED) is 0.891. The zero-order valence-corrected chi connectivity index (χ0v) is 10.6. The zero-order valence-electron chi connectivity index (χ0n) is 10.6. The molecule has 1 aliphatic carbocycles. The maximum atomic E-state index is 4.37. The van der Waals surface area contributed by atoms with Crippen molar-refractivity contribution in [1.29, 1.82) is 0 Å². The SMILES string of the molecule is Cn1nccc1CNc1ncnc2c1CCCC2. The van der Waals surface area contributed by atoms with Gasteiger partial charge in [-0.15, -0.1) is 0 Å². The van der Waals surface area contributed by atoms with Crippen LogP contribution in [0.15, 0.2) is 18.6 Å². The topological polar surface area (TPSA) is 55.6 Å². The molecule has 0 radical (unpaired) electrons. The number of aryl methyl sites for hydroxylation is 2. The Bertz CT molecular complexity index is 546. The van der Waals surface area contributed by atoms with Crippen LogP contribution in [0.3, 0.4) is 0 Å². The first-order valence-corrected chi connectivity index (χ1v) is 6.38. The molecule has 2 heterocycles. The molecule has 2 aromatic rings. The van der Waals surface area contributed by atoms with Crippen molar-refractivity contribution in [3.8, 4) is 0 Å². The summed E-state index contributed by atoms with van der Waals surface area (Å²) in [6.07, 6.45) is 8.12. The van der Waals surface area contributed by atoms with E-state index in [-0.39, 0.29) is 0 Å². The van der Waals surface area contributed by atoms with Crippen LogP contribution >= 0.6 is 0 Å². The van der Waals surface area contributed by atoms with E-state index in [1.54, 1.807) is 6.33 Å². The van der Waals surface area contributed by atoms with Gasteiger partial charge >= 0.3 is 0 Å². The highest BCUT2D eigenvalue weighted by atomic mass is 15.3. The van der Waals surface area contributed by atoms with E-state index < -0.39 is 0 Å². The summed E-state index contributed by atoms with van der Waals surface area (Å²) < 4.78 is 1.88. The van der Waals surface area contributed by atoms with Crippen molar-refractivity contribution < 1.29 is 0 Å². The zero-order chi connectivity index (χ0) is 12.4. The maximum Gasteiger partial charge on any atom is 0.133 e. The summed E-state index contributed by atoms with van der Waals surface area (Å²) in [7, 11) is 1.95. The van der Waals surface area contributed by atoms with Gasteiger partial charge in [-0.2, -0.15) is 5.10 Å². The van der Waals surface area contributed by atoms with Gasteiger partial charge in [-0.1, -0.05) is 0 Å². The van der Waals surface area contributed by atoms with Crippen LogP contribution in [-0.4, -0.2) is 19.7 Å². The molecule has 1 N–H and O–H groups in total. The largest absolute Gasteiger partial charge is 0.364 e. The molecule has 0 aromatic carbocycles. The normalized spacial score (nSPS) is 14.3. The molecule has 5 heteroatoms. The van der Waals surface area contributed by atoms with Gasteiger partial charge in [-0.05, 0) is 31.7 Å².